The van der Waals surface area contributed by atoms with Gasteiger partial charge in [-0.1, -0.05) is 19.1 Å². The van der Waals surface area contributed by atoms with Gasteiger partial charge in [0.1, 0.15) is 5.75 Å². The number of methoxy groups -OCH3 is 1. The summed E-state index contributed by atoms with van der Waals surface area (Å²) < 4.78 is 5.27. The SMILES string of the molecule is COc1ccccc1NC(=O)[C@H](C)[NH+]1CCC[C@@H](C)C1. The van der Waals surface area contributed by atoms with Gasteiger partial charge >= 0.3 is 0 Å². The first-order valence-electron chi connectivity index (χ1n) is 7.40. The number of carbonyl (C=O) groups excluding carboxylic acids is 1. The second kappa shape index (κ2) is 6.75. The third-order valence-corrected chi connectivity index (χ3v) is 4.18. The van der Waals surface area contributed by atoms with Crippen LogP contribution in [0, 0.1) is 5.92 Å². The lowest BCUT2D eigenvalue weighted by atomic mass is 9.99. The summed E-state index contributed by atoms with van der Waals surface area (Å²) in [5, 5.41) is 2.99. The molecule has 2 rings (SSSR count). The van der Waals surface area contributed by atoms with Crippen LogP contribution in [0.25, 0.3) is 0 Å². The summed E-state index contributed by atoms with van der Waals surface area (Å²) in [5.41, 5.74) is 0.747. The Morgan fingerprint density at radius 2 is 2.20 bits per heavy atom. The molecule has 1 fully saturated rings. The standard InChI is InChI=1S/C16H24N2O2/c1-12-7-6-10-18(11-12)13(2)16(19)17-14-8-4-5-9-15(14)20-3/h4-5,8-9,12-13H,6-7,10-11H2,1-3H3,(H,17,19)/p+1/t12-,13+/m1/s1. The lowest BCUT2D eigenvalue weighted by molar-refractivity contribution is -0.922. The van der Waals surface area contributed by atoms with Gasteiger partial charge in [-0.2, -0.15) is 0 Å². The van der Waals surface area contributed by atoms with E-state index in [0.717, 1.165) is 18.8 Å². The van der Waals surface area contributed by atoms with Crippen molar-refractivity contribution in [1.29, 1.82) is 0 Å². The number of anilines is 1. The summed E-state index contributed by atoms with van der Waals surface area (Å²) in [5.74, 6) is 1.48. The highest BCUT2D eigenvalue weighted by molar-refractivity contribution is 5.94. The van der Waals surface area contributed by atoms with Crippen LogP contribution < -0.4 is 15.0 Å². The zero-order valence-corrected chi connectivity index (χ0v) is 12.6. The highest BCUT2D eigenvalue weighted by Crippen LogP contribution is 2.22. The fraction of sp³-hybridized carbons (Fsp3) is 0.562. The Morgan fingerprint density at radius 1 is 1.45 bits per heavy atom. The molecule has 1 heterocycles. The quantitative estimate of drug-likeness (QED) is 0.872. The minimum Gasteiger partial charge on any atom is -0.495 e. The van der Waals surface area contributed by atoms with E-state index in [1.165, 1.54) is 17.7 Å². The lowest BCUT2D eigenvalue weighted by Crippen LogP contribution is -3.17. The Kier molecular flexibility index (Phi) is 5.01. The van der Waals surface area contributed by atoms with E-state index in [-0.39, 0.29) is 11.9 Å². The van der Waals surface area contributed by atoms with Crippen LogP contribution in [0.2, 0.25) is 0 Å². The molecule has 2 N–H and O–H groups in total. The number of para-hydroxylation sites is 2. The number of likely N-dealkylation sites (tertiary alicyclic amines) is 1. The molecule has 20 heavy (non-hydrogen) atoms. The molecular formula is C16H25N2O2+. The van der Waals surface area contributed by atoms with E-state index in [1.807, 2.05) is 31.2 Å². The maximum atomic E-state index is 12.4. The number of amides is 1. The number of quaternary nitrogens is 1. The molecule has 1 aliphatic rings. The van der Waals surface area contributed by atoms with Crippen molar-refractivity contribution in [3.63, 3.8) is 0 Å². The zero-order valence-electron chi connectivity index (χ0n) is 12.6. The van der Waals surface area contributed by atoms with Crippen molar-refractivity contribution in [2.75, 3.05) is 25.5 Å². The van der Waals surface area contributed by atoms with Gasteiger partial charge in [0.15, 0.2) is 6.04 Å². The average molecular weight is 277 g/mol. The fourth-order valence-corrected chi connectivity index (χ4v) is 2.90. The summed E-state index contributed by atoms with van der Waals surface area (Å²) >= 11 is 0. The molecule has 1 aromatic rings. The van der Waals surface area contributed by atoms with Crippen LogP contribution >= 0.6 is 0 Å². The number of hydrogen-bond donors (Lipinski definition) is 2. The fourth-order valence-electron chi connectivity index (χ4n) is 2.90. The van der Waals surface area contributed by atoms with Crippen LogP contribution in [0.4, 0.5) is 5.69 Å². The number of nitrogens with one attached hydrogen (secondary N) is 2. The molecule has 0 aliphatic carbocycles. The number of carbonyl (C=O) groups is 1. The smallest absolute Gasteiger partial charge is 0.282 e. The van der Waals surface area contributed by atoms with Gasteiger partial charge in [0.05, 0.1) is 25.9 Å². The Labute approximate surface area is 121 Å². The zero-order chi connectivity index (χ0) is 14.5. The summed E-state index contributed by atoms with van der Waals surface area (Å²) in [7, 11) is 1.62. The molecule has 4 heteroatoms. The number of piperidine rings is 1. The predicted octanol–water partition coefficient (Wildman–Crippen LogP) is 1.34. The van der Waals surface area contributed by atoms with E-state index in [2.05, 4.69) is 12.2 Å². The van der Waals surface area contributed by atoms with E-state index in [4.69, 9.17) is 4.74 Å². The van der Waals surface area contributed by atoms with Gasteiger partial charge in [0.2, 0.25) is 0 Å². The van der Waals surface area contributed by atoms with Crippen LogP contribution in [0.15, 0.2) is 24.3 Å². The molecule has 4 nitrogen and oxygen atoms in total. The maximum Gasteiger partial charge on any atom is 0.282 e. The molecule has 0 aromatic heterocycles. The van der Waals surface area contributed by atoms with E-state index in [9.17, 15) is 4.79 Å². The van der Waals surface area contributed by atoms with Crippen molar-refractivity contribution < 1.29 is 14.4 Å². The molecule has 3 atom stereocenters. The Morgan fingerprint density at radius 3 is 2.90 bits per heavy atom. The summed E-state index contributed by atoms with van der Waals surface area (Å²) in [6, 6.07) is 7.50. The minimum atomic E-state index is -0.0253. The van der Waals surface area contributed by atoms with E-state index in [0.29, 0.717) is 11.7 Å². The van der Waals surface area contributed by atoms with Crippen LogP contribution in [0.3, 0.4) is 0 Å². The van der Waals surface area contributed by atoms with Gasteiger partial charge in [-0.15, -0.1) is 0 Å². The van der Waals surface area contributed by atoms with Gasteiger partial charge in [-0.25, -0.2) is 0 Å². The lowest BCUT2D eigenvalue weighted by Gasteiger charge is -2.31. The van der Waals surface area contributed by atoms with Crippen LogP contribution in [-0.2, 0) is 4.79 Å². The Hall–Kier alpha value is -1.55. The largest absolute Gasteiger partial charge is 0.495 e. The number of benzene rings is 1. The highest BCUT2D eigenvalue weighted by atomic mass is 16.5. The van der Waals surface area contributed by atoms with Gasteiger partial charge < -0.3 is 15.0 Å². The second-order valence-corrected chi connectivity index (χ2v) is 5.77. The summed E-state index contributed by atoms with van der Waals surface area (Å²) in [6.45, 7) is 6.45. The van der Waals surface area contributed by atoms with E-state index < -0.39 is 0 Å². The van der Waals surface area contributed by atoms with Crippen LogP contribution in [0.1, 0.15) is 26.7 Å². The molecular weight excluding hydrogens is 252 g/mol. The predicted molar refractivity (Wildman–Crippen MR) is 80.2 cm³/mol. The molecule has 0 saturated carbocycles. The van der Waals surface area contributed by atoms with Gasteiger partial charge in [-0.3, -0.25) is 4.79 Å². The van der Waals surface area contributed by atoms with E-state index >= 15 is 0 Å². The van der Waals surface area contributed by atoms with Crippen molar-refractivity contribution in [1.82, 2.24) is 0 Å². The number of ether oxygens (including phenoxy) is 1. The molecule has 0 radical (unpaired) electrons. The topological polar surface area (TPSA) is 42.8 Å². The number of rotatable bonds is 4. The third kappa shape index (κ3) is 3.51. The highest BCUT2D eigenvalue weighted by Gasteiger charge is 2.29. The maximum absolute atomic E-state index is 12.4. The minimum absolute atomic E-state index is 0.0253. The molecule has 0 spiro atoms. The first-order chi connectivity index (χ1) is 9.61. The van der Waals surface area contributed by atoms with E-state index in [1.54, 1.807) is 7.11 Å². The number of hydrogen-bond acceptors (Lipinski definition) is 2. The summed E-state index contributed by atoms with van der Waals surface area (Å²) in [4.78, 5) is 13.8. The average Bonchev–Trinajstić information content (AvgIpc) is 2.47. The molecule has 1 unspecified atom stereocenters. The molecule has 1 aliphatic heterocycles. The molecule has 0 bridgehead atoms. The van der Waals surface area contributed by atoms with Crippen molar-refractivity contribution in [2.45, 2.75) is 32.7 Å². The van der Waals surface area contributed by atoms with Crippen molar-refractivity contribution in [2.24, 2.45) is 5.92 Å². The molecule has 1 amide bonds. The normalized spacial score (nSPS) is 23.9. The van der Waals surface area contributed by atoms with Crippen molar-refractivity contribution in [3.05, 3.63) is 24.3 Å². The van der Waals surface area contributed by atoms with Crippen LogP contribution in [-0.4, -0.2) is 32.1 Å². The Bertz CT molecular complexity index is 462. The Balaban J connectivity index is 2.00. The first kappa shape index (κ1) is 14.9. The molecule has 1 saturated heterocycles. The second-order valence-electron chi connectivity index (χ2n) is 5.77. The van der Waals surface area contributed by atoms with Gasteiger partial charge in [-0.05, 0) is 31.9 Å². The van der Waals surface area contributed by atoms with Gasteiger partial charge in [0.25, 0.3) is 5.91 Å². The third-order valence-electron chi connectivity index (χ3n) is 4.18. The molecule has 1 aromatic carbocycles. The molecule has 110 valence electrons. The monoisotopic (exact) mass is 277 g/mol. The van der Waals surface area contributed by atoms with Crippen molar-refractivity contribution >= 4 is 11.6 Å². The summed E-state index contributed by atoms with van der Waals surface area (Å²) in [6.07, 6.45) is 2.49. The van der Waals surface area contributed by atoms with Crippen molar-refractivity contribution in [3.8, 4) is 5.75 Å². The first-order valence-corrected chi connectivity index (χ1v) is 7.40. The van der Waals surface area contributed by atoms with Gasteiger partial charge in [0, 0.05) is 5.92 Å². The van der Waals surface area contributed by atoms with Crippen LogP contribution in [0.5, 0.6) is 5.75 Å².